The average Bonchev–Trinajstić information content (AvgIpc) is 2.63. The molecule has 1 amide bonds. The van der Waals surface area contributed by atoms with Gasteiger partial charge in [-0.25, -0.2) is 0 Å². The van der Waals surface area contributed by atoms with E-state index < -0.39 is 6.10 Å². The molecule has 0 fully saturated rings. The number of ether oxygens (including phenoxy) is 2. The van der Waals surface area contributed by atoms with E-state index >= 15 is 0 Å². The van der Waals surface area contributed by atoms with Gasteiger partial charge in [-0.15, -0.1) is 0 Å². The van der Waals surface area contributed by atoms with E-state index in [1.807, 2.05) is 6.07 Å². The van der Waals surface area contributed by atoms with Gasteiger partial charge >= 0.3 is 5.97 Å². The van der Waals surface area contributed by atoms with Gasteiger partial charge in [-0.1, -0.05) is 24.3 Å². The van der Waals surface area contributed by atoms with Crippen LogP contribution in [0.3, 0.4) is 0 Å². The fourth-order valence-corrected chi connectivity index (χ4v) is 2.11. The molecule has 25 heavy (non-hydrogen) atoms. The van der Waals surface area contributed by atoms with E-state index in [9.17, 15) is 9.59 Å². The Bertz CT molecular complexity index is 794. The zero-order valence-corrected chi connectivity index (χ0v) is 14.0. The van der Waals surface area contributed by atoms with Crippen LogP contribution in [0.15, 0.2) is 48.5 Å². The summed E-state index contributed by atoms with van der Waals surface area (Å²) in [6, 6.07) is 15.6. The van der Waals surface area contributed by atoms with Gasteiger partial charge in [0.05, 0.1) is 24.8 Å². The standard InChI is InChI=1S/C19H18N2O4/c1-13(19(23)21-17-6-4-3-5-15(17)12-20)25-16-9-7-14(8-10-16)11-18(22)24-2/h3-10,13H,11H2,1-2H3,(H,21,23)/t13-/m1/s1. The maximum Gasteiger partial charge on any atom is 0.309 e. The average molecular weight is 338 g/mol. The second kappa shape index (κ2) is 8.50. The molecule has 0 spiro atoms. The molecule has 1 atom stereocenters. The minimum Gasteiger partial charge on any atom is -0.481 e. The van der Waals surface area contributed by atoms with Crippen molar-refractivity contribution >= 4 is 17.6 Å². The highest BCUT2D eigenvalue weighted by Crippen LogP contribution is 2.17. The third kappa shape index (κ3) is 5.08. The Morgan fingerprint density at radius 2 is 1.84 bits per heavy atom. The number of nitrogens with one attached hydrogen (secondary N) is 1. The lowest BCUT2D eigenvalue weighted by Crippen LogP contribution is -2.30. The molecule has 0 radical (unpaired) electrons. The number of para-hydroxylation sites is 1. The van der Waals surface area contributed by atoms with Crippen molar-refractivity contribution in [3.8, 4) is 11.8 Å². The first-order valence-corrected chi connectivity index (χ1v) is 7.66. The smallest absolute Gasteiger partial charge is 0.309 e. The molecule has 1 N–H and O–H groups in total. The second-order valence-corrected chi connectivity index (χ2v) is 5.30. The van der Waals surface area contributed by atoms with Gasteiger partial charge in [-0.05, 0) is 36.8 Å². The van der Waals surface area contributed by atoms with Crippen LogP contribution in [0.25, 0.3) is 0 Å². The summed E-state index contributed by atoms with van der Waals surface area (Å²) >= 11 is 0. The summed E-state index contributed by atoms with van der Waals surface area (Å²) in [7, 11) is 1.34. The lowest BCUT2D eigenvalue weighted by molar-refractivity contribution is -0.139. The van der Waals surface area contributed by atoms with Crippen molar-refractivity contribution in [2.24, 2.45) is 0 Å². The molecule has 0 bridgehead atoms. The number of rotatable bonds is 6. The predicted molar refractivity (Wildman–Crippen MR) is 92.0 cm³/mol. The number of methoxy groups -OCH3 is 1. The molecule has 2 aromatic rings. The molecule has 0 heterocycles. The van der Waals surface area contributed by atoms with E-state index in [-0.39, 0.29) is 18.3 Å². The molecule has 0 unspecified atom stereocenters. The molecule has 0 aromatic heterocycles. The van der Waals surface area contributed by atoms with E-state index in [0.717, 1.165) is 5.56 Å². The highest BCUT2D eigenvalue weighted by Gasteiger charge is 2.16. The minimum absolute atomic E-state index is 0.178. The van der Waals surface area contributed by atoms with E-state index in [1.54, 1.807) is 55.5 Å². The molecule has 0 saturated carbocycles. The van der Waals surface area contributed by atoms with Crippen LogP contribution in [0.4, 0.5) is 5.69 Å². The van der Waals surface area contributed by atoms with Crippen LogP contribution in [0.2, 0.25) is 0 Å². The molecule has 6 heteroatoms. The van der Waals surface area contributed by atoms with Crippen LogP contribution in [-0.4, -0.2) is 25.1 Å². The Balaban J connectivity index is 1.97. The summed E-state index contributed by atoms with van der Waals surface area (Å²) in [4.78, 5) is 23.5. The summed E-state index contributed by atoms with van der Waals surface area (Å²) in [5.41, 5.74) is 1.62. The largest absolute Gasteiger partial charge is 0.481 e. The number of hydrogen-bond acceptors (Lipinski definition) is 5. The van der Waals surface area contributed by atoms with Gasteiger partial charge in [-0.3, -0.25) is 9.59 Å². The molecule has 128 valence electrons. The lowest BCUT2D eigenvalue weighted by Gasteiger charge is -2.15. The topological polar surface area (TPSA) is 88.4 Å². The van der Waals surface area contributed by atoms with Crippen LogP contribution >= 0.6 is 0 Å². The quantitative estimate of drug-likeness (QED) is 0.818. The molecule has 6 nitrogen and oxygen atoms in total. The fraction of sp³-hybridized carbons (Fsp3) is 0.211. The predicted octanol–water partition coefficient (Wildman–Crippen LogP) is 2.68. The van der Waals surface area contributed by atoms with Crippen LogP contribution in [0.1, 0.15) is 18.1 Å². The number of benzene rings is 2. The molecule has 2 aromatic carbocycles. The molecule has 0 aliphatic heterocycles. The number of hydrogen-bond donors (Lipinski definition) is 1. The third-order valence-electron chi connectivity index (χ3n) is 3.49. The van der Waals surface area contributed by atoms with Gasteiger partial charge in [0.1, 0.15) is 11.8 Å². The SMILES string of the molecule is COC(=O)Cc1ccc(O[C@H](C)C(=O)Nc2ccccc2C#N)cc1. The van der Waals surface area contributed by atoms with Crippen molar-refractivity contribution in [3.05, 3.63) is 59.7 Å². The van der Waals surface area contributed by atoms with Crippen LogP contribution in [0, 0.1) is 11.3 Å². The number of esters is 1. The highest BCUT2D eigenvalue weighted by atomic mass is 16.5. The third-order valence-corrected chi connectivity index (χ3v) is 3.49. The molecular weight excluding hydrogens is 320 g/mol. The van der Waals surface area contributed by atoms with Crippen molar-refractivity contribution in [1.82, 2.24) is 0 Å². The van der Waals surface area contributed by atoms with Crippen LogP contribution in [-0.2, 0) is 20.7 Å². The van der Waals surface area contributed by atoms with E-state index in [0.29, 0.717) is 17.0 Å². The number of nitriles is 1. The Morgan fingerprint density at radius 3 is 2.48 bits per heavy atom. The van der Waals surface area contributed by atoms with Crippen LogP contribution in [0.5, 0.6) is 5.75 Å². The number of carbonyl (C=O) groups excluding carboxylic acids is 2. The van der Waals surface area contributed by atoms with Gasteiger partial charge in [-0.2, -0.15) is 5.26 Å². The molecule has 0 saturated heterocycles. The number of anilines is 1. The molecule has 0 aliphatic rings. The second-order valence-electron chi connectivity index (χ2n) is 5.30. The Hall–Kier alpha value is -3.33. The summed E-state index contributed by atoms with van der Waals surface area (Å²) in [6.45, 7) is 1.62. The van der Waals surface area contributed by atoms with Crippen molar-refractivity contribution in [2.45, 2.75) is 19.4 Å². The summed E-state index contributed by atoms with van der Waals surface area (Å²) < 4.78 is 10.2. The Labute approximate surface area is 146 Å². The summed E-state index contributed by atoms with van der Waals surface area (Å²) in [5.74, 6) is -0.177. The first-order chi connectivity index (χ1) is 12.0. The van der Waals surface area contributed by atoms with E-state index in [1.165, 1.54) is 7.11 Å². The lowest BCUT2D eigenvalue weighted by atomic mass is 10.1. The van der Waals surface area contributed by atoms with Gasteiger partial charge in [0.2, 0.25) is 0 Å². The first-order valence-electron chi connectivity index (χ1n) is 7.66. The van der Waals surface area contributed by atoms with E-state index in [4.69, 9.17) is 10.00 Å². The fourth-order valence-electron chi connectivity index (χ4n) is 2.11. The number of carbonyl (C=O) groups is 2. The van der Waals surface area contributed by atoms with Crippen molar-refractivity contribution < 1.29 is 19.1 Å². The normalized spacial score (nSPS) is 11.1. The monoisotopic (exact) mass is 338 g/mol. The van der Waals surface area contributed by atoms with E-state index in [2.05, 4.69) is 10.1 Å². The Morgan fingerprint density at radius 1 is 1.16 bits per heavy atom. The van der Waals surface area contributed by atoms with Crippen molar-refractivity contribution in [1.29, 1.82) is 5.26 Å². The Kier molecular flexibility index (Phi) is 6.13. The highest BCUT2D eigenvalue weighted by molar-refractivity contribution is 5.95. The summed E-state index contributed by atoms with van der Waals surface area (Å²) in [5, 5.41) is 11.7. The zero-order valence-electron chi connectivity index (χ0n) is 14.0. The molecule has 2 rings (SSSR count). The van der Waals surface area contributed by atoms with Gasteiger partial charge in [0, 0.05) is 0 Å². The first kappa shape index (κ1) is 18.0. The van der Waals surface area contributed by atoms with Gasteiger partial charge in [0.25, 0.3) is 5.91 Å². The van der Waals surface area contributed by atoms with Crippen LogP contribution < -0.4 is 10.1 Å². The minimum atomic E-state index is -0.752. The van der Waals surface area contributed by atoms with Gasteiger partial charge < -0.3 is 14.8 Å². The number of nitrogens with zero attached hydrogens (tertiary/aromatic N) is 1. The summed E-state index contributed by atoms with van der Waals surface area (Å²) in [6.07, 6.45) is -0.573. The van der Waals surface area contributed by atoms with Gasteiger partial charge in [0.15, 0.2) is 6.10 Å². The van der Waals surface area contributed by atoms with Crippen molar-refractivity contribution in [2.75, 3.05) is 12.4 Å². The maximum absolute atomic E-state index is 12.2. The zero-order chi connectivity index (χ0) is 18.2. The van der Waals surface area contributed by atoms with Crippen molar-refractivity contribution in [3.63, 3.8) is 0 Å². The maximum atomic E-state index is 12.2. The number of amides is 1. The molecule has 0 aliphatic carbocycles. The molecular formula is C19H18N2O4.